The number of hydrogen-bond donors (Lipinski definition) is 1. The van der Waals surface area contributed by atoms with E-state index in [2.05, 4.69) is 48.5 Å². The molecular formula is C29H50O. The van der Waals surface area contributed by atoms with E-state index in [9.17, 15) is 5.11 Å². The maximum atomic E-state index is 10.5. The Bertz CT molecular complexity index is 694. The van der Waals surface area contributed by atoms with Crippen molar-refractivity contribution in [1.82, 2.24) is 0 Å². The fourth-order valence-corrected chi connectivity index (χ4v) is 11.9. The highest BCUT2D eigenvalue weighted by molar-refractivity contribution is 5.19. The van der Waals surface area contributed by atoms with Crippen molar-refractivity contribution in [1.29, 1.82) is 0 Å². The van der Waals surface area contributed by atoms with Crippen molar-refractivity contribution >= 4 is 0 Å². The van der Waals surface area contributed by atoms with Gasteiger partial charge in [-0.15, -0.1) is 0 Å². The van der Waals surface area contributed by atoms with Crippen LogP contribution in [0.2, 0.25) is 0 Å². The van der Waals surface area contributed by atoms with Gasteiger partial charge in [0, 0.05) is 0 Å². The van der Waals surface area contributed by atoms with Crippen LogP contribution in [0.25, 0.3) is 0 Å². The molecule has 0 radical (unpaired) electrons. The third-order valence-corrected chi connectivity index (χ3v) is 13.4. The summed E-state index contributed by atoms with van der Waals surface area (Å²) in [5, 5.41) is 10.5. The molecule has 0 aliphatic heterocycles. The van der Waals surface area contributed by atoms with Crippen LogP contribution >= 0.6 is 0 Å². The molecule has 1 nitrogen and oxygen atoms in total. The lowest BCUT2D eigenvalue weighted by Crippen LogP contribution is -2.65. The molecule has 5 saturated carbocycles. The second kappa shape index (κ2) is 6.51. The number of rotatable bonds is 1. The Balaban J connectivity index is 1.52. The molecule has 0 saturated heterocycles. The van der Waals surface area contributed by atoms with E-state index in [0.717, 1.165) is 23.7 Å². The monoisotopic (exact) mass is 414 g/mol. The Morgan fingerprint density at radius 2 is 1.23 bits per heavy atom. The molecular weight excluding hydrogens is 364 g/mol. The van der Waals surface area contributed by atoms with Gasteiger partial charge in [0.15, 0.2) is 0 Å². The fourth-order valence-electron chi connectivity index (χ4n) is 11.9. The SMILES string of the molecule is C[C@@H](O)[C@@H]1CC[C@@]2(C)C1CC[C@]1(C)C2CCC2[C@@]3(C)CCCC(C)(C)C3CC[C@]21C. The molecule has 4 unspecified atom stereocenters. The summed E-state index contributed by atoms with van der Waals surface area (Å²) in [6.07, 6.45) is 15.5. The van der Waals surface area contributed by atoms with Crippen LogP contribution in [-0.2, 0) is 0 Å². The minimum absolute atomic E-state index is 0.119. The first kappa shape index (κ1) is 21.8. The standard InChI is InChI=1S/C29H50O/c1-19(30)20-11-16-26(4)21(20)12-17-28(6)23(26)9-10-24-27(5)15-8-14-25(2,3)22(27)13-18-29(24,28)7/h19-24,30H,8-18H2,1-7H3/t19-,20+,21?,22?,23?,24?,26+,27+,28-,29-/m1/s1. The molecule has 5 fully saturated rings. The maximum absolute atomic E-state index is 10.5. The first-order chi connectivity index (χ1) is 13.9. The third kappa shape index (κ3) is 2.51. The van der Waals surface area contributed by atoms with Gasteiger partial charge in [-0.05, 0) is 128 Å². The van der Waals surface area contributed by atoms with Gasteiger partial charge in [-0.1, -0.05) is 48.0 Å². The van der Waals surface area contributed by atoms with Gasteiger partial charge >= 0.3 is 0 Å². The Morgan fingerprint density at radius 3 is 1.87 bits per heavy atom. The zero-order chi connectivity index (χ0) is 21.7. The fraction of sp³-hybridized carbons (Fsp3) is 1.00. The van der Waals surface area contributed by atoms with Crippen LogP contribution in [0.5, 0.6) is 0 Å². The van der Waals surface area contributed by atoms with E-state index in [1.807, 2.05) is 0 Å². The average Bonchev–Trinajstić information content (AvgIpc) is 2.99. The van der Waals surface area contributed by atoms with Crippen molar-refractivity contribution in [3.63, 3.8) is 0 Å². The van der Waals surface area contributed by atoms with Crippen LogP contribution in [0.3, 0.4) is 0 Å². The molecule has 1 N–H and O–H groups in total. The smallest absolute Gasteiger partial charge is 0.0543 e. The summed E-state index contributed by atoms with van der Waals surface area (Å²) in [5.41, 5.74) is 2.55. The molecule has 0 bridgehead atoms. The predicted molar refractivity (Wildman–Crippen MR) is 126 cm³/mol. The number of aliphatic hydroxyl groups excluding tert-OH is 1. The summed E-state index contributed by atoms with van der Waals surface area (Å²) >= 11 is 0. The molecule has 0 aromatic heterocycles. The quantitative estimate of drug-likeness (QED) is 0.463. The minimum Gasteiger partial charge on any atom is -0.393 e. The Morgan fingerprint density at radius 1 is 0.633 bits per heavy atom. The van der Waals surface area contributed by atoms with Crippen molar-refractivity contribution in [2.45, 2.75) is 125 Å². The van der Waals surface area contributed by atoms with Gasteiger partial charge in [0.05, 0.1) is 6.10 Å². The highest BCUT2D eigenvalue weighted by Crippen LogP contribution is 2.77. The van der Waals surface area contributed by atoms with Crippen LogP contribution in [0.15, 0.2) is 0 Å². The van der Waals surface area contributed by atoms with Crippen LogP contribution in [0.1, 0.15) is 119 Å². The maximum Gasteiger partial charge on any atom is 0.0543 e. The molecule has 0 aromatic carbocycles. The highest BCUT2D eigenvalue weighted by atomic mass is 16.3. The number of hydrogen-bond acceptors (Lipinski definition) is 1. The molecule has 0 spiro atoms. The van der Waals surface area contributed by atoms with Crippen molar-refractivity contribution in [2.75, 3.05) is 0 Å². The zero-order valence-corrected chi connectivity index (χ0v) is 21.2. The first-order valence-electron chi connectivity index (χ1n) is 13.6. The molecule has 30 heavy (non-hydrogen) atoms. The second-order valence-electron chi connectivity index (χ2n) is 14.6. The van der Waals surface area contributed by atoms with Crippen molar-refractivity contribution < 1.29 is 5.11 Å². The highest BCUT2D eigenvalue weighted by Gasteiger charge is 2.70. The van der Waals surface area contributed by atoms with Gasteiger partial charge in [0.2, 0.25) is 0 Å². The van der Waals surface area contributed by atoms with E-state index < -0.39 is 0 Å². The lowest BCUT2D eigenvalue weighted by Gasteiger charge is -2.73. The summed E-state index contributed by atoms with van der Waals surface area (Å²) in [5.74, 6) is 4.02. The molecule has 10 atom stereocenters. The second-order valence-corrected chi connectivity index (χ2v) is 14.6. The van der Waals surface area contributed by atoms with E-state index in [1.54, 1.807) is 0 Å². The summed E-state index contributed by atoms with van der Waals surface area (Å²) in [6.45, 7) is 18.1. The van der Waals surface area contributed by atoms with E-state index in [-0.39, 0.29) is 6.10 Å². The van der Waals surface area contributed by atoms with Crippen molar-refractivity contribution in [3.8, 4) is 0 Å². The molecule has 5 aliphatic carbocycles. The van der Waals surface area contributed by atoms with Gasteiger partial charge in [0.25, 0.3) is 0 Å². The van der Waals surface area contributed by atoms with E-state index in [1.165, 1.54) is 70.6 Å². The van der Waals surface area contributed by atoms with Crippen LogP contribution in [0.4, 0.5) is 0 Å². The summed E-state index contributed by atoms with van der Waals surface area (Å²) < 4.78 is 0. The van der Waals surface area contributed by atoms with E-state index in [0.29, 0.717) is 33.0 Å². The topological polar surface area (TPSA) is 20.2 Å². The van der Waals surface area contributed by atoms with E-state index in [4.69, 9.17) is 0 Å². The minimum atomic E-state index is -0.119. The van der Waals surface area contributed by atoms with Gasteiger partial charge in [-0.25, -0.2) is 0 Å². The normalized spacial score (nSPS) is 58.2. The molecule has 5 rings (SSSR count). The number of fused-ring (bicyclic) bond motifs is 7. The summed E-state index contributed by atoms with van der Waals surface area (Å²) in [6, 6.07) is 0. The molecule has 172 valence electrons. The van der Waals surface area contributed by atoms with Crippen LogP contribution in [0, 0.1) is 56.7 Å². The average molecular weight is 415 g/mol. The molecule has 0 aromatic rings. The van der Waals surface area contributed by atoms with Gasteiger partial charge < -0.3 is 5.11 Å². The first-order valence-corrected chi connectivity index (χ1v) is 13.6. The largest absolute Gasteiger partial charge is 0.393 e. The Hall–Kier alpha value is -0.0400. The van der Waals surface area contributed by atoms with Crippen molar-refractivity contribution in [2.24, 2.45) is 56.7 Å². The number of aliphatic hydroxyl groups is 1. The molecule has 5 aliphatic rings. The zero-order valence-electron chi connectivity index (χ0n) is 21.2. The summed E-state index contributed by atoms with van der Waals surface area (Å²) in [4.78, 5) is 0. The van der Waals surface area contributed by atoms with Crippen LogP contribution < -0.4 is 0 Å². The molecule has 0 amide bonds. The lowest BCUT2D eigenvalue weighted by molar-refractivity contribution is -0.241. The van der Waals surface area contributed by atoms with Gasteiger partial charge in [-0.3, -0.25) is 0 Å². The molecule has 0 heterocycles. The summed E-state index contributed by atoms with van der Waals surface area (Å²) in [7, 11) is 0. The van der Waals surface area contributed by atoms with E-state index >= 15 is 0 Å². The van der Waals surface area contributed by atoms with Crippen LogP contribution in [-0.4, -0.2) is 11.2 Å². The Labute approximate surface area is 187 Å². The third-order valence-electron chi connectivity index (χ3n) is 13.4. The Kier molecular flexibility index (Phi) is 4.73. The predicted octanol–water partition coefficient (Wildman–Crippen LogP) is 7.86. The van der Waals surface area contributed by atoms with Gasteiger partial charge in [0.1, 0.15) is 0 Å². The van der Waals surface area contributed by atoms with Crippen molar-refractivity contribution in [3.05, 3.63) is 0 Å². The lowest BCUT2D eigenvalue weighted by atomic mass is 9.32. The molecule has 1 heteroatoms. The van der Waals surface area contributed by atoms with Gasteiger partial charge in [-0.2, -0.15) is 0 Å².